The summed E-state index contributed by atoms with van der Waals surface area (Å²) in [5.41, 5.74) is 1.98. The van der Waals surface area contributed by atoms with E-state index < -0.39 is 5.60 Å². The van der Waals surface area contributed by atoms with Crippen molar-refractivity contribution in [3.8, 4) is 0 Å². The van der Waals surface area contributed by atoms with Gasteiger partial charge in [0.05, 0.1) is 5.69 Å². The minimum absolute atomic E-state index is 0.0963. The fourth-order valence-electron chi connectivity index (χ4n) is 3.44. The Kier molecular flexibility index (Phi) is 3.49. The number of nitrogens with one attached hydrogen (secondary N) is 1. The number of aromatic nitrogens is 2. The first-order valence-electron chi connectivity index (χ1n) is 8.25. The van der Waals surface area contributed by atoms with Crippen LogP contribution in [0.25, 0.3) is 0 Å². The summed E-state index contributed by atoms with van der Waals surface area (Å²) in [7, 11) is 0. The predicted molar refractivity (Wildman–Crippen MR) is 85.1 cm³/mol. The maximum absolute atomic E-state index is 12.2. The number of ether oxygens (including phenoxy) is 1. The number of carbonyl (C=O) groups is 1. The third-order valence-electron chi connectivity index (χ3n) is 4.80. The number of aromatic amines is 1. The number of hydrogen-bond acceptors (Lipinski definition) is 3. The summed E-state index contributed by atoms with van der Waals surface area (Å²) in [6.45, 7) is 11.5. The fraction of sp³-hybridized carbons (Fsp3) is 0.765. The lowest BCUT2D eigenvalue weighted by Gasteiger charge is -2.26. The largest absolute Gasteiger partial charge is 0.444 e. The Labute approximate surface area is 132 Å². The van der Waals surface area contributed by atoms with Crippen LogP contribution in [-0.2, 0) is 16.6 Å². The van der Waals surface area contributed by atoms with Crippen molar-refractivity contribution in [2.45, 2.75) is 70.8 Å². The van der Waals surface area contributed by atoms with Crippen molar-refractivity contribution in [3.05, 3.63) is 17.2 Å². The first-order valence-corrected chi connectivity index (χ1v) is 8.25. The zero-order chi connectivity index (χ0) is 16.1. The molecule has 1 aromatic rings. The van der Waals surface area contributed by atoms with Crippen molar-refractivity contribution < 1.29 is 9.53 Å². The van der Waals surface area contributed by atoms with E-state index in [0.29, 0.717) is 12.5 Å². The molecule has 1 aromatic heterocycles. The second-order valence-electron chi connectivity index (χ2n) is 8.10. The number of aryl methyl sites for hydroxylation is 1. The number of H-pyrrole nitrogens is 1. The maximum atomic E-state index is 12.2. The number of amides is 1. The van der Waals surface area contributed by atoms with E-state index in [0.717, 1.165) is 25.2 Å². The van der Waals surface area contributed by atoms with Crippen molar-refractivity contribution >= 4 is 6.09 Å². The second-order valence-corrected chi connectivity index (χ2v) is 8.10. The van der Waals surface area contributed by atoms with Gasteiger partial charge >= 0.3 is 6.09 Å². The zero-order valence-corrected chi connectivity index (χ0v) is 14.3. The Morgan fingerprint density at radius 1 is 1.45 bits per heavy atom. The average Bonchev–Trinajstić information content (AvgIpc) is 3.04. The van der Waals surface area contributed by atoms with E-state index in [2.05, 4.69) is 18.8 Å². The lowest BCUT2D eigenvalue weighted by atomic mass is 9.89. The van der Waals surface area contributed by atoms with E-state index >= 15 is 0 Å². The molecule has 5 nitrogen and oxygen atoms in total. The van der Waals surface area contributed by atoms with Gasteiger partial charge in [-0.3, -0.25) is 0 Å². The molecule has 1 amide bonds. The number of likely N-dealkylation sites (tertiary alicyclic amines) is 1. The van der Waals surface area contributed by atoms with Gasteiger partial charge in [-0.2, -0.15) is 0 Å². The molecule has 2 aliphatic rings. The molecule has 0 saturated carbocycles. The molecule has 22 heavy (non-hydrogen) atoms. The van der Waals surface area contributed by atoms with Crippen molar-refractivity contribution in [1.82, 2.24) is 14.9 Å². The van der Waals surface area contributed by atoms with E-state index in [1.54, 1.807) is 0 Å². The molecule has 1 aliphatic heterocycles. The van der Waals surface area contributed by atoms with Crippen LogP contribution < -0.4 is 0 Å². The summed E-state index contributed by atoms with van der Waals surface area (Å²) in [5.74, 6) is 1.59. The Morgan fingerprint density at radius 2 is 2.18 bits per heavy atom. The molecule has 122 valence electrons. The molecule has 0 radical (unpaired) electrons. The van der Waals surface area contributed by atoms with E-state index in [9.17, 15) is 4.79 Å². The van der Waals surface area contributed by atoms with Crippen LogP contribution in [0.15, 0.2) is 0 Å². The third kappa shape index (κ3) is 2.73. The fourth-order valence-corrected chi connectivity index (χ4v) is 3.44. The van der Waals surface area contributed by atoms with Crippen LogP contribution in [0.1, 0.15) is 70.6 Å². The quantitative estimate of drug-likeness (QED) is 0.865. The maximum Gasteiger partial charge on any atom is 0.410 e. The number of hydrogen-bond donors (Lipinski definition) is 1. The van der Waals surface area contributed by atoms with Gasteiger partial charge < -0.3 is 14.6 Å². The predicted octanol–water partition coefficient (Wildman–Crippen LogP) is 3.36. The topological polar surface area (TPSA) is 58.2 Å². The Hall–Kier alpha value is -1.52. The van der Waals surface area contributed by atoms with E-state index in [1.165, 1.54) is 17.8 Å². The number of rotatable bonds is 1. The van der Waals surface area contributed by atoms with Crippen LogP contribution >= 0.6 is 0 Å². The molecule has 3 rings (SSSR count). The molecule has 2 heterocycles. The molecule has 0 aromatic carbocycles. The molecule has 1 saturated heterocycles. The molecule has 2 unspecified atom stereocenters. The van der Waals surface area contributed by atoms with Gasteiger partial charge in [0.1, 0.15) is 11.4 Å². The van der Waals surface area contributed by atoms with Crippen molar-refractivity contribution in [1.29, 1.82) is 0 Å². The van der Waals surface area contributed by atoms with Crippen molar-refractivity contribution in [2.24, 2.45) is 0 Å². The van der Waals surface area contributed by atoms with Crippen LogP contribution in [0.3, 0.4) is 0 Å². The molecule has 1 fully saturated rings. The highest BCUT2D eigenvalue weighted by atomic mass is 16.6. The van der Waals surface area contributed by atoms with Gasteiger partial charge in [0, 0.05) is 30.1 Å². The van der Waals surface area contributed by atoms with Crippen LogP contribution in [0.5, 0.6) is 0 Å². The van der Waals surface area contributed by atoms with Gasteiger partial charge in [-0.15, -0.1) is 0 Å². The monoisotopic (exact) mass is 305 g/mol. The highest BCUT2D eigenvalue weighted by Crippen LogP contribution is 2.37. The standard InChI is InChI=1S/C17H27N3O2/c1-11-6-7-12-13(11)19-14(18-12)17(5)8-9-20(10-17)15(21)22-16(2,3)4/h11H,6-10H2,1-5H3,(H,18,19). The highest BCUT2D eigenvalue weighted by Gasteiger charge is 2.42. The van der Waals surface area contributed by atoms with Gasteiger partial charge in [0.25, 0.3) is 0 Å². The van der Waals surface area contributed by atoms with Crippen molar-refractivity contribution in [2.75, 3.05) is 13.1 Å². The Balaban J connectivity index is 1.73. The summed E-state index contributed by atoms with van der Waals surface area (Å²) in [4.78, 5) is 22.4. The lowest BCUT2D eigenvalue weighted by Crippen LogP contribution is -2.37. The van der Waals surface area contributed by atoms with Crippen LogP contribution in [0, 0.1) is 0 Å². The molecule has 1 aliphatic carbocycles. The molecule has 2 atom stereocenters. The van der Waals surface area contributed by atoms with E-state index in [-0.39, 0.29) is 11.5 Å². The molecule has 1 N–H and O–H groups in total. The number of imidazole rings is 1. The highest BCUT2D eigenvalue weighted by molar-refractivity contribution is 5.68. The Morgan fingerprint density at radius 3 is 2.82 bits per heavy atom. The van der Waals surface area contributed by atoms with Gasteiger partial charge in [0.2, 0.25) is 0 Å². The third-order valence-corrected chi connectivity index (χ3v) is 4.80. The van der Waals surface area contributed by atoms with Gasteiger partial charge in [-0.25, -0.2) is 9.78 Å². The minimum Gasteiger partial charge on any atom is -0.444 e. The number of nitrogens with zero attached hydrogens (tertiary/aromatic N) is 2. The molecular weight excluding hydrogens is 278 g/mol. The van der Waals surface area contributed by atoms with E-state index in [4.69, 9.17) is 9.72 Å². The number of carbonyl (C=O) groups excluding carboxylic acids is 1. The smallest absolute Gasteiger partial charge is 0.410 e. The number of fused-ring (bicyclic) bond motifs is 1. The summed E-state index contributed by atoms with van der Waals surface area (Å²) < 4.78 is 5.49. The molecule has 0 spiro atoms. The molecule has 5 heteroatoms. The van der Waals surface area contributed by atoms with Crippen LogP contribution in [0.4, 0.5) is 4.79 Å². The summed E-state index contributed by atoms with van der Waals surface area (Å²) in [5, 5.41) is 0. The summed E-state index contributed by atoms with van der Waals surface area (Å²) >= 11 is 0. The molecule has 0 bridgehead atoms. The first-order chi connectivity index (χ1) is 10.2. The SMILES string of the molecule is CC1CCc2[nH]c(C3(C)CCN(C(=O)OC(C)(C)C)C3)nc21. The van der Waals surface area contributed by atoms with Crippen molar-refractivity contribution in [3.63, 3.8) is 0 Å². The van der Waals surface area contributed by atoms with Gasteiger partial charge in [-0.1, -0.05) is 13.8 Å². The second kappa shape index (κ2) is 5.00. The van der Waals surface area contributed by atoms with Gasteiger partial charge in [-0.05, 0) is 40.0 Å². The summed E-state index contributed by atoms with van der Waals surface area (Å²) in [6, 6.07) is 0. The van der Waals surface area contributed by atoms with E-state index in [1.807, 2.05) is 25.7 Å². The normalized spacial score (nSPS) is 28.0. The minimum atomic E-state index is -0.447. The summed E-state index contributed by atoms with van der Waals surface area (Å²) in [6.07, 6.45) is 2.99. The zero-order valence-electron chi connectivity index (χ0n) is 14.3. The average molecular weight is 305 g/mol. The first kappa shape index (κ1) is 15.4. The van der Waals surface area contributed by atoms with Crippen LogP contribution in [-0.4, -0.2) is 39.7 Å². The lowest BCUT2D eigenvalue weighted by molar-refractivity contribution is 0.0285. The Bertz CT molecular complexity index is 587. The van der Waals surface area contributed by atoms with Crippen LogP contribution in [0.2, 0.25) is 0 Å². The molecular formula is C17H27N3O2. The van der Waals surface area contributed by atoms with Gasteiger partial charge in [0.15, 0.2) is 0 Å².